The Balaban J connectivity index is 1.30. The van der Waals surface area contributed by atoms with E-state index in [1.54, 1.807) is 11.8 Å². The van der Waals surface area contributed by atoms with Crippen molar-refractivity contribution in [3.63, 3.8) is 0 Å². The molecule has 1 aromatic heterocycles. The Hall–Kier alpha value is -3.42. The van der Waals surface area contributed by atoms with Crippen LogP contribution in [0.5, 0.6) is 0 Å². The van der Waals surface area contributed by atoms with Crippen LogP contribution >= 0.6 is 11.8 Å². The summed E-state index contributed by atoms with van der Waals surface area (Å²) in [6, 6.07) is 26.8. The molecule has 1 aliphatic heterocycles. The number of hydrogen-bond acceptors (Lipinski definition) is 5. The van der Waals surface area contributed by atoms with Crippen LogP contribution in [0.25, 0.3) is 5.69 Å². The number of thioether (sulfide) groups is 1. The molecule has 0 saturated carbocycles. The molecule has 0 aliphatic carbocycles. The molecular formula is C30H33N5OS. The summed E-state index contributed by atoms with van der Waals surface area (Å²) in [7, 11) is 0. The van der Waals surface area contributed by atoms with Gasteiger partial charge in [-0.3, -0.25) is 9.36 Å². The van der Waals surface area contributed by atoms with E-state index in [2.05, 4.69) is 94.2 Å². The highest BCUT2D eigenvalue weighted by molar-refractivity contribution is 7.98. The van der Waals surface area contributed by atoms with Gasteiger partial charge in [-0.15, -0.1) is 10.2 Å². The van der Waals surface area contributed by atoms with Crippen molar-refractivity contribution in [2.45, 2.75) is 31.2 Å². The summed E-state index contributed by atoms with van der Waals surface area (Å²) >= 11 is 1.67. The lowest BCUT2D eigenvalue weighted by Crippen LogP contribution is -2.48. The zero-order valence-electron chi connectivity index (χ0n) is 21.5. The molecule has 37 heavy (non-hydrogen) atoms. The van der Waals surface area contributed by atoms with Gasteiger partial charge in [0.25, 0.3) is 5.91 Å². The molecule has 0 spiro atoms. The van der Waals surface area contributed by atoms with Crippen molar-refractivity contribution in [1.29, 1.82) is 0 Å². The molecule has 1 fully saturated rings. The Morgan fingerprint density at radius 2 is 1.62 bits per heavy atom. The summed E-state index contributed by atoms with van der Waals surface area (Å²) in [5, 5.41) is 10.00. The van der Waals surface area contributed by atoms with Gasteiger partial charge in [-0.1, -0.05) is 73.3 Å². The molecule has 0 unspecified atom stereocenters. The molecular weight excluding hydrogens is 478 g/mol. The lowest BCUT2D eigenvalue weighted by Gasteiger charge is -2.34. The number of hydrogen-bond donors (Lipinski definition) is 0. The molecule has 4 aromatic rings. The van der Waals surface area contributed by atoms with Crippen molar-refractivity contribution in [3.8, 4) is 5.69 Å². The second kappa shape index (κ2) is 11.8. The van der Waals surface area contributed by atoms with Crippen molar-refractivity contribution < 1.29 is 4.79 Å². The maximum absolute atomic E-state index is 12.9. The highest BCUT2D eigenvalue weighted by Crippen LogP contribution is 2.27. The second-order valence-electron chi connectivity index (χ2n) is 9.45. The molecule has 6 nitrogen and oxygen atoms in total. The molecule has 0 bridgehead atoms. The van der Waals surface area contributed by atoms with E-state index in [1.165, 1.54) is 11.1 Å². The first-order valence-electron chi connectivity index (χ1n) is 12.9. The topological polar surface area (TPSA) is 54.3 Å². The number of amides is 1. The average Bonchev–Trinajstić information content (AvgIpc) is 3.34. The Morgan fingerprint density at radius 1 is 0.865 bits per heavy atom. The summed E-state index contributed by atoms with van der Waals surface area (Å²) in [6.45, 7) is 8.80. The van der Waals surface area contributed by atoms with Crippen molar-refractivity contribution >= 4 is 17.7 Å². The number of aromatic nitrogens is 3. The van der Waals surface area contributed by atoms with E-state index >= 15 is 0 Å². The van der Waals surface area contributed by atoms with Crippen LogP contribution in [0.1, 0.15) is 39.8 Å². The van der Waals surface area contributed by atoms with Gasteiger partial charge in [0.2, 0.25) is 0 Å². The van der Waals surface area contributed by atoms with Gasteiger partial charge in [0.05, 0.1) is 0 Å². The fourth-order valence-electron chi connectivity index (χ4n) is 4.65. The van der Waals surface area contributed by atoms with Crippen LogP contribution in [0.4, 0.5) is 0 Å². The molecule has 0 radical (unpaired) electrons. The predicted octanol–water partition coefficient (Wildman–Crippen LogP) is 5.24. The van der Waals surface area contributed by atoms with E-state index in [9.17, 15) is 4.79 Å². The van der Waals surface area contributed by atoms with Crippen LogP contribution in [-0.2, 0) is 12.2 Å². The largest absolute Gasteiger partial charge is 0.336 e. The van der Waals surface area contributed by atoms with Gasteiger partial charge in [0.1, 0.15) is 5.82 Å². The standard InChI is InChI=1S/C30H33N5OS/c1-3-33-16-18-34(19-17-33)29(36)26-14-12-25(13-15-26)22-37-30-32-31-28(21-24-9-5-4-6-10-24)35(30)27-11-7-8-23(2)20-27/h4-15,20H,3,16-19,21-22H2,1-2H3. The van der Waals surface area contributed by atoms with E-state index in [0.29, 0.717) is 6.42 Å². The molecule has 3 aromatic carbocycles. The number of piperazine rings is 1. The predicted molar refractivity (Wildman–Crippen MR) is 149 cm³/mol. The van der Waals surface area contributed by atoms with Crippen LogP contribution in [0.3, 0.4) is 0 Å². The Bertz CT molecular complexity index is 1330. The number of aryl methyl sites for hydroxylation is 1. The molecule has 190 valence electrons. The number of rotatable bonds is 8. The maximum atomic E-state index is 12.9. The number of likely N-dealkylation sites (N-methyl/N-ethyl adjacent to an activating group) is 1. The molecule has 7 heteroatoms. The third-order valence-electron chi connectivity index (χ3n) is 6.84. The third kappa shape index (κ3) is 6.12. The fourth-order valence-corrected chi connectivity index (χ4v) is 5.58. The van der Waals surface area contributed by atoms with Crippen molar-refractivity contribution in [2.75, 3.05) is 32.7 Å². The smallest absolute Gasteiger partial charge is 0.253 e. The number of carbonyl (C=O) groups is 1. The number of benzene rings is 3. The van der Waals surface area contributed by atoms with E-state index in [0.717, 1.165) is 66.3 Å². The minimum atomic E-state index is 0.125. The summed E-state index contributed by atoms with van der Waals surface area (Å²) in [5.41, 5.74) is 5.39. The van der Waals surface area contributed by atoms with Gasteiger partial charge in [-0.25, -0.2) is 0 Å². The Labute approximate surface area is 223 Å². The number of carbonyl (C=O) groups excluding carboxylic acids is 1. The fraction of sp³-hybridized carbons (Fsp3) is 0.300. The number of nitrogens with zero attached hydrogens (tertiary/aromatic N) is 5. The highest BCUT2D eigenvalue weighted by Gasteiger charge is 2.21. The Morgan fingerprint density at radius 3 is 2.32 bits per heavy atom. The molecule has 1 aliphatic rings. The van der Waals surface area contributed by atoms with Crippen molar-refractivity contribution in [3.05, 3.63) is 107 Å². The lowest BCUT2D eigenvalue weighted by molar-refractivity contribution is 0.0643. The lowest BCUT2D eigenvalue weighted by atomic mass is 10.1. The molecule has 0 atom stereocenters. The highest BCUT2D eigenvalue weighted by atomic mass is 32.2. The second-order valence-corrected chi connectivity index (χ2v) is 10.4. The normalized spacial score (nSPS) is 14.2. The van der Waals surface area contributed by atoms with Crippen LogP contribution in [-0.4, -0.2) is 63.2 Å². The van der Waals surface area contributed by atoms with Gasteiger partial charge in [-0.2, -0.15) is 0 Å². The van der Waals surface area contributed by atoms with Gasteiger partial charge >= 0.3 is 0 Å². The summed E-state index contributed by atoms with van der Waals surface area (Å²) in [4.78, 5) is 17.3. The summed E-state index contributed by atoms with van der Waals surface area (Å²) in [5.74, 6) is 1.79. The molecule has 1 amide bonds. The molecule has 2 heterocycles. The Kier molecular flexibility index (Phi) is 8.02. The third-order valence-corrected chi connectivity index (χ3v) is 7.84. The maximum Gasteiger partial charge on any atom is 0.253 e. The van der Waals surface area contributed by atoms with Gasteiger partial charge in [-0.05, 0) is 54.4 Å². The van der Waals surface area contributed by atoms with E-state index in [4.69, 9.17) is 0 Å². The van der Waals surface area contributed by atoms with Crippen molar-refractivity contribution in [2.24, 2.45) is 0 Å². The van der Waals surface area contributed by atoms with Gasteiger partial charge in [0, 0.05) is 49.6 Å². The zero-order chi connectivity index (χ0) is 25.6. The summed E-state index contributed by atoms with van der Waals surface area (Å²) < 4.78 is 2.17. The first kappa shape index (κ1) is 25.2. The SMILES string of the molecule is CCN1CCN(C(=O)c2ccc(CSc3nnc(Cc4ccccc4)n3-c3cccc(C)c3)cc2)CC1. The van der Waals surface area contributed by atoms with Crippen LogP contribution in [0.2, 0.25) is 0 Å². The monoisotopic (exact) mass is 511 g/mol. The zero-order valence-corrected chi connectivity index (χ0v) is 22.3. The first-order chi connectivity index (χ1) is 18.1. The van der Waals surface area contributed by atoms with E-state index < -0.39 is 0 Å². The molecule has 1 saturated heterocycles. The minimum Gasteiger partial charge on any atom is -0.336 e. The van der Waals surface area contributed by atoms with Crippen LogP contribution in [0, 0.1) is 6.92 Å². The molecule has 0 N–H and O–H groups in total. The quantitative estimate of drug-likeness (QED) is 0.303. The van der Waals surface area contributed by atoms with E-state index in [1.807, 2.05) is 23.1 Å². The van der Waals surface area contributed by atoms with E-state index in [-0.39, 0.29) is 5.91 Å². The minimum absolute atomic E-state index is 0.125. The summed E-state index contributed by atoms with van der Waals surface area (Å²) in [6.07, 6.45) is 0.714. The average molecular weight is 512 g/mol. The van der Waals surface area contributed by atoms with Gasteiger partial charge in [0.15, 0.2) is 5.16 Å². The molecule has 5 rings (SSSR count). The first-order valence-corrected chi connectivity index (χ1v) is 13.9. The van der Waals surface area contributed by atoms with Crippen LogP contribution < -0.4 is 0 Å². The van der Waals surface area contributed by atoms with Crippen molar-refractivity contribution in [1.82, 2.24) is 24.6 Å². The van der Waals surface area contributed by atoms with Gasteiger partial charge < -0.3 is 9.80 Å². The van der Waals surface area contributed by atoms with Crippen LogP contribution in [0.15, 0.2) is 84.0 Å².